The Hall–Kier alpha value is -2.94. The number of aliphatic carboxylic acids is 1. The average Bonchev–Trinajstić information content (AvgIpc) is 2.60. The number of nitrogens with one attached hydrogen (secondary N) is 2. The Balaban J connectivity index is 1.77. The van der Waals surface area contributed by atoms with Crippen molar-refractivity contribution in [2.75, 3.05) is 26.2 Å². The number of ketones is 1. The summed E-state index contributed by atoms with van der Waals surface area (Å²) in [5.41, 5.74) is 0.803. The highest BCUT2D eigenvalue weighted by Gasteiger charge is 2.34. The van der Waals surface area contributed by atoms with Crippen LogP contribution >= 0.6 is 0 Å². The number of carbonyl (C=O) groups is 4. The van der Waals surface area contributed by atoms with E-state index in [1.54, 1.807) is 12.1 Å². The number of ether oxygens (including phenoxy) is 1. The molecule has 2 rings (SSSR count). The van der Waals surface area contributed by atoms with Gasteiger partial charge in [-0.15, -0.1) is 0 Å². The van der Waals surface area contributed by atoms with E-state index in [0.29, 0.717) is 6.54 Å². The fourth-order valence-electron chi connectivity index (χ4n) is 2.33. The van der Waals surface area contributed by atoms with Crippen molar-refractivity contribution >= 4 is 23.8 Å². The van der Waals surface area contributed by atoms with Gasteiger partial charge < -0.3 is 20.1 Å². The van der Waals surface area contributed by atoms with Crippen LogP contribution in [0.5, 0.6) is 0 Å². The van der Waals surface area contributed by atoms with Gasteiger partial charge in [0.25, 0.3) is 0 Å². The predicted octanol–water partition coefficient (Wildman–Crippen LogP) is -0.633. The summed E-state index contributed by atoms with van der Waals surface area (Å²) >= 11 is 0. The van der Waals surface area contributed by atoms with Gasteiger partial charge in [0.15, 0.2) is 5.78 Å². The third kappa shape index (κ3) is 5.57. The molecule has 9 nitrogen and oxygen atoms in total. The van der Waals surface area contributed by atoms with E-state index in [4.69, 9.17) is 9.84 Å². The van der Waals surface area contributed by atoms with E-state index < -0.39 is 42.9 Å². The Morgan fingerprint density at radius 2 is 2.00 bits per heavy atom. The highest BCUT2D eigenvalue weighted by atomic mass is 16.5. The number of alkyl carbamates (subject to hydrolysis) is 1. The Labute approximate surface area is 143 Å². The summed E-state index contributed by atoms with van der Waals surface area (Å²) in [5.74, 6) is -2.32. The molecule has 1 aromatic carbocycles. The summed E-state index contributed by atoms with van der Waals surface area (Å²) in [6.07, 6.45) is -0.775. The molecule has 0 bridgehead atoms. The maximum Gasteiger partial charge on any atom is 0.407 e. The molecule has 1 heterocycles. The minimum absolute atomic E-state index is 0.0634. The molecule has 0 saturated carbocycles. The quantitative estimate of drug-likeness (QED) is 0.560. The van der Waals surface area contributed by atoms with Crippen molar-refractivity contribution in [3.8, 4) is 0 Å². The molecular weight excluding hydrogens is 330 g/mol. The van der Waals surface area contributed by atoms with E-state index >= 15 is 0 Å². The smallest absolute Gasteiger partial charge is 0.407 e. The van der Waals surface area contributed by atoms with E-state index in [9.17, 15) is 19.2 Å². The number of amides is 2. The van der Waals surface area contributed by atoms with E-state index in [0.717, 1.165) is 10.5 Å². The van der Waals surface area contributed by atoms with Crippen molar-refractivity contribution in [3.63, 3.8) is 0 Å². The van der Waals surface area contributed by atoms with E-state index in [1.165, 1.54) is 0 Å². The molecule has 134 valence electrons. The van der Waals surface area contributed by atoms with Crippen LogP contribution in [-0.4, -0.2) is 66.0 Å². The van der Waals surface area contributed by atoms with Gasteiger partial charge in [0.1, 0.15) is 19.2 Å². The molecule has 1 aliphatic heterocycles. The van der Waals surface area contributed by atoms with Gasteiger partial charge in [-0.1, -0.05) is 30.3 Å². The highest BCUT2D eigenvalue weighted by molar-refractivity contribution is 6.07. The van der Waals surface area contributed by atoms with Crippen LogP contribution in [0, 0.1) is 0 Å². The van der Waals surface area contributed by atoms with Crippen molar-refractivity contribution in [3.05, 3.63) is 35.9 Å². The molecule has 1 atom stereocenters. The maximum atomic E-state index is 12.1. The van der Waals surface area contributed by atoms with Gasteiger partial charge >= 0.3 is 12.1 Å². The molecule has 0 aliphatic carbocycles. The Morgan fingerprint density at radius 1 is 1.28 bits per heavy atom. The fraction of sp³-hybridized carbons (Fsp3) is 0.375. The molecule has 1 fully saturated rings. The molecule has 1 unspecified atom stereocenters. The summed E-state index contributed by atoms with van der Waals surface area (Å²) < 4.78 is 4.97. The standard InChI is InChI=1S/C16H19N3O6/c20-12(14-15(23)19(7-6-17-14)9-13(21)22)8-18-16(24)25-10-11-4-2-1-3-5-11/h1-5,14,17H,6-10H2,(H,18,24)(H,21,22). The Morgan fingerprint density at radius 3 is 2.68 bits per heavy atom. The van der Waals surface area contributed by atoms with E-state index in [-0.39, 0.29) is 13.2 Å². The zero-order chi connectivity index (χ0) is 18.2. The highest BCUT2D eigenvalue weighted by Crippen LogP contribution is 2.03. The number of carbonyl (C=O) groups excluding carboxylic acids is 3. The molecule has 25 heavy (non-hydrogen) atoms. The van der Waals surface area contributed by atoms with Gasteiger partial charge in [-0.25, -0.2) is 4.79 Å². The van der Waals surface area contributed by atoms with Crippen LogP contribution < -0.4 is 10.6 Å². The summed E-state index contributed by atoms with van der Waals surface area (Å²) in [7, 11) is 0. The first-order valence-corrected chi connectivity index (χ1v) is 7.68. The van der Waals surface area contributed by atoms with Crippen molar-refractivity contribution in [2.45, 2.75) is 12.6 Å². The molecule has 0 spiro atoms. The monoisotopic (exact) mass is 349 g/mol. The molecule has 2 amide bonds. The summed E-state index contributed by atoms with van der Waals surface area (Å²) in [6.45, 7) is -0.280. The zero-order valence-electron chi connectivity index (χ0n) is 13.4. The molecular formula is C16H19N3O6. The third-order valence-electron chi connectivity index (χ3n) is 3.56. The fourth-order valence-corrected chi connectivity index (χ4v) is 2.33. The van der Waals surface area contributed by atoms with Crippen molar-refractivity contribution in [1.29, 1.82) is 0 Å². The van der Waals surface area contributed by atoms with E-state index in [2.05, 4.69) is 10.6 Å². The van der Waals surface area contributed by atoms with Gasteiger partial charge in [-0.2, -0.15) is 0 Å². The number of carboxylic acids is 1. The van der Waals surface area contributed by atoms with Crippen LogP contribution in [0.4, 0.5) is 4.79 Å². The second-order valence-electron chi connectivity index (χ2n) is 5.42. The number of hydrogen-bond donors (Lipinski definition) is 3. The molecule has 9 heteroatoms. The van der Waals surface area contributed by atoms with Crippen LogP contribution in [0.25, 0.3) is 0 Å². The number of benzene rings is 1. The van der Waals surface area contributed by atoms with Gasteiger partial charge in [0.05, 0.1) is 6.54 Å². The van der Waals surface area contributed by atoms with Gasteiger partial charge in [-0.05, 0) is 5.56 Å². The van der Waals surface area contributed by atoms with Crippen molar-refractivity contribution < 1.29 is 29.0 Å². The molecule has 1 aliphatic rings. The van der Waals surface area contributed by atoms with Gasteiger partial charge in [0, 0.05) is 13.1 Å². The second-order valence-corrected chi connectivity index (χ2v) is 5.42. The topological polar surface area (TPSA) is 125 Å². The third-order valence-corrected chi connectivity index (χ3v) is 3.56. The lowest BCUT2D eigenvalue weighted by molar-refractivity contribution is -0.148. The van der Waals surface area contributed by atoms with Crippen molar-refractivity contribution in [1.82, 2.24) is 15.5 Å². The molecule has 0 radical (unpaired) electrons. The van der Waals surface area contributed by atoms with Crippen LogP contribution in [0.1, 0.15) is 5.56 Å². The van der Waals surface area contributed by atoms with Gasteiger partial charge in [0.2, 0.25) is 5.91 Å². The minimum Gasteiger partial charge on any atom is -0.480 e. The van der Waals surface area contributed by atoms with Crippen LogP contribution in [0.15, 0.2) is 30.3 Å². The lowest BCUT2D eigenvalue weighted by atomic mass is 10.1. The minimum atomic E-state index is -1.16. The molecule has 3 N–H and O–H groups in total. The number of rotatable bonds is 7. The summed E-state index contributed by atoms with van der Waals surface area (Å²) in [5, 5.41) is 13.8. The van der Waals surface area contributed by atoms with Crippen LogP contribution in [-0.2, 0) is 25.7 Å². The lowest BCUT2D eigenvalue weighted by Gasteiger charge is -2.31. The number of hydrogen-bond acceptors (Lipinski definition) is 6. The Bertz CT molecular complexity index is 649. The number of nitrogens with zero attached hydrogens (tertiary/aromatic N) is 1. The van der Waals surface area contributed by atoms with E-state index in [1.807, 2.05) is 18.2 Å². The Kier molecular flexibility index (Phi) is 6.47. The predicted molar refractivity (Wildman–Crippen MR) is 85.6 cm³/mol. The first kappa shape index (κ1) is 18.4. The lowest BCUT2D eigenvalue weighted by Crippen LogP contribution is -2.60. The van der Waals surface area contributed by atoms with Gasteiger partial charge in [-0.3, -0.25) is 19.7 Å². The van der Waals surface area contributed by atoms with Crippen LogP contribution in [0.3, 0.4) is 0 Å². The van der Waals surface area contributed by atoms with Crippen molar-refractivity contribution in [2.24, 2.45) is 0 Å². The average molecular weight is 349 g/mol. The largest absolute Gasteiger partial charge is 0.480 e. The second kappa shape index (κ2) is 8.78. The maximum absolute atomic E-state index is 12.1. The first-order valence-electron chi connectivity index (χ1n) is 7.68. The molecule has 0 aromatic heterocycles. The molecule has 1 aromatic rings. The first-order chi connectivity index (χ1) is 12.0. The number of carboxylic acid groups (broad SMARTS) is 1. The summed E-state index contributed by atoms with van der Waals surface area (Å²) in [6, 6.07) is 7.87. The summed E-state index contributed by atoms with van der Waals surface area (Å²) in [4.78, 5) is 47.6. The zero-order valence-corrected chi connectivity index (χ0v) is 13.4. The number of Topliss-reactive ketones (excluding diaryl/α,β-unsaturated/α-hetero) is 1. The number of piperazine rings is 1. The molecule has 1 saturated heterocycles. The normalized spacial score (nSPS) is 17.0. The SMILES string of the molecule is O=C(O)CN1CCNC(C(=O)CNC(=O)OCc2ccccc2)C1=O. The van der Waals surface area contributed by atoms with Crippen LogP contribution in [0.2, 0.25) is 0 Å².